The number of pyridine rings is 1. The lowest BCUT2D eigenvalue weighted by molar-refractivity contribution is 0.0991. The van der Waals surface area contributed by atoms with E-state index in [9.17, 15) is 0 Å². The number of aromatic nitrogens is 1. The van der Waals surface area contributed by atoms with Crippen LogP contribution in [0.5, 0.6) is 0 Å². The number of halogens is 1. The van der Waals surface area contributed by atoms with E-state index in [2.05, 4.69) is 86.5 Å². The molecule has 1 aromatic heterocycles. The first kappa shape index (κ1) is 26.2. The molecule has 1 aliphatic rings. The number of nitrogens with zero attached hydrogens (tertiary/aromatic N) is 1. The van der Waals surface area contributed by atoms with Crippen LogP contribution in [-0.4, -0.2) is 18.3 Å². The van der Waals surface area contributed by atoms with E-state index in [-0.39, 0.29) is 5.54 Å². The van der Waals surface area contributed by atoms with Crippen molar-refractivity contribution in [3.63, 3.8) is 0 Å². The molecule has 0 aromatic carbocycles. The third-order valence-corrected chi connectivity index (χ3v) is 4.16. The zero-order chi connectivity index (χ0) is 19.6. The first-order valence-electron chi connectivity index (χ1n) is 8.86. The molecule has 1 aliphatic carbocycles. The van der Waals surface area contributed by atoms with E-state index in [1.807, 2.05) is 27.1 Å². The first-order chi connectivity index (χ1) is 11.1. The van der Waals surface area contributed by atoms with Crippen LogP contribution in [0, 0.1) is 18.3 Å². The van der Waals surface area contributed by atoms with Crippen molar-refractivity contribution in [2.24, 2.45) is 11.3 Å². The molecule has 1 heterocycles. The van der Waals surface area contributed by atoms with Crippen molar-refractivity contribution in [1.82, 2.24) is 10.3 Å². The molecule has 1 N–H and O–H groups in total. The maximum Gasteiger partial charge on any atom is 0.0637 e. The number of nitrogens with one attached hydrogen (secondary N) is 1. The van der Waals surface area contributed by atoms with Gasteiger partial charge in [-0.15, -0.1) is 0 Å². The van der Waals surface area contributed by atoms with Gasteiger partial charge in [-0.2, -0.15) is 12.6 Å². The molecule has 0 amide bonds. The Kier molecular flexibility index (Phi) is 13.4. The standard InChI is InChI=1S/C12H17BrN2.C5H12.C2H6.CH4S/c1-8-6-10(13)7-15-11(8)12(14-3)5-4-9(12)2;1-5(2,3)4;2*1-2/h6-7,9,14H,4-5H2,1-3H3;1-4H3;1-2H3;2H,1H3. The van der Waals surface area contributed by atoms with Gasteiger partial charge in [0.1, 0.15) is 0 Å². The summed E-state index contributed by atoms with van der Waals surface area (Å²) in [5.41, 5.74) is 3.10. The number of thiol groups is 1. The molecule has 4 heteroatoms. The molecule has 142 valence electrons. The third-order valence-electron chi connectivity index (χ3n) is 3.73. The van der Waals surface area contributed by atoms with Gasteiger partial charge >= 0.3 is 0 Å². The highest BCUT2D eigenvalue weighted by Crippen LogP contribution is 2.46. The average molecular weight is 420 g/mol. The molecule has 0 saturated heterocycles. The van der Waals surface area contributed by atoms with Crippen LogP contribution in [0.4, 0.5) is 0 Å². The highest BCUT2D eigenvalue weighted by molar-refractivity contribution is 9.10. The number of rotatable bonds is 2. The Morgan fingerprint density at radius 2 is 1.71 bits per heavy atom. The molecule has 2 nitrogen and oxygen atoms in total. The van der Waals surface area contributed by atoms with Gasteiger partial charge < -0.3 is 5.32 Å². The Balaban J connectivity index is 0. The Morgan fingerprint density at radius 1 is 1.25 bits per heavy atom. The minimum absolute atomic E-state index is 0.116. The highest BCUT2D eigenvalue weighted by Gasteiger charge is 2.45. The Bertz CT molecular complexity index is 447. The summed E-state index contributed by atoms with van der Waals surface area (Å²) in [5.74, 6) is 0.676. The molecule has 0 radical (unpaired) electrons. The molecular weight excluding hydrogens is 380 g/mol. The summed E-state index contributed by atoms with van der Waals surface area (Å²) in [5, 5.41) is 3.46. The van der Waals surface area contributed by atoms with Crippen LogP contribution in [0.15, 0.2) is 16.7 Å². The predicted molar refractivity (Wildman–Crippen MR) is 117 cm³/mol. The molecule has 24 heavy (non-hydrogen) atoms. The summed E-state index contributed by atoms with van der Waals surface area (Å²) in [6.45, 7) is 17.2. The first-order valence-corrected chi connectivity index (χ1v) is 10.5. The van der Waals surface area contributed by atoms with Crippen molar-refractivity contribution < 1.29 is 0 Å². The Hall–Kier alpha value is -0.0600. The van der Waals surface area contributed by atoms with Crippen molar-refractivity contribution in [3.05, 3.63) is 28.0 Å². The monoisotopic (exact) mass is 418 g/mol. The summed E-state index contributed by atoms with van der Waals surface area (Å²) in [7, 11) is 2.04. The molecule has 0 bridgehead atoms. The van der Waals surface area contributed by atoms with Gasteiger partial charge in [0, 0.05) is 10.7 Å². The maximum atomic E-state index is 4.58. The van der Waals surface area contributed by atoms with Crippen molar-refractivity contribution in [2.75, 3.05) is 13.3 Å². The van der Waals surface area contributed by atoms with Gasteiger partial charge in [-0.05, 0) is 72.0 Å². The fourth-order valence-corrected chi connectivity index (χ4v) is 3.02. The van der Waals surface area contributed by atoms with Crippen LogP contribution in [0.2, 0.25) is 0 Å². The van der Waals surface area contributed by atoms with Gasteiger partial charge in [0.15, 0.2) is 0 Å². The van der Waals surface area contributed by atoms with Crippen LogP contribution in [-0.2, 0) is 5.54 Å². The van der Waals surface area contributed by atoms with E-state index in [0.29, 0.717) is 11.3 Å². The topological polar surface area (TPSA) is 24.9 Å². The second kappa shape index (κ2) is 12.3. The molecule has 2 rings (SSSR count). The van der Waals surface area contributed by atoms with Crippen LogP contribution in [0.25, 0.3) is 0 Å². The van der Waals surface area contributed by atoms with Crippen LogP contribution in [0.1, 0.15) is 72.6 Å². The van der Waals surface area contributed by atoms with E-state index in [4.69, 9.17) is 0 Å². The molecule has 1 fully saturated rings. The normalized spacial score (nSPS) is 21.8. The maximum absolute atomic E-state index is 4.58. The fraction of sp³-hybridized carbons (Fsp3) is 0.750. The zero-order valence-electron chi connectivity index (χ0n) is 17.4. The highest BCUT2D eigenvalue weighted by atomic mass is 79.9. The molecule has 2 atom stereocenters. The molecular formula is C20H39BrN2S. The third kappa shape index (κ3) is 8.35. The van der Waals surface area contributed by atoms with Crippen LogP contribution >= 0.6 is 28.6 Å². The lowest BCUT2D eigenvalue weighted by Crippen LogP contribution is -2.53. The minimum atomic E-state index is 0.116. The van der Waals surface area contributed by atoms with E-state index in [1.54, 1.807) is 6.26 Å². The quantitative estimate of drug-likeness (QED) is 0.527. The average Bonchev–Trinajstić information content (AvgIpc) is 2.51. The van der Waals surface area contributed by atoms with E-state index < -0.39 is 0 Å². The second-order valence-corrected chi connectivity index (χ2v) is 8.40. The fourth-order valence-electron chi connectivity index (χ4n) is 2.57. The van der Waals surface area contributed by atoms with Crippen molar-refractivity contribution in [3.8, 4) is 0 Å². The van der Waals surface area contributed by atoms with Gasteiger partial charge in [-0.3, -0.25) is 4.98 Å². The van der Waals surface area contributed by atoms with Crippen LogP contribution < -0.4 is 5.32 Å². The molecule has 1 aromatic rings. The van der Waals surface area contributed by atoms with Crippen LogP contribution in [0.3, 0.4) is 0 Å². The van der Waals surface area contributed by atoms with Crippen molar-refractivity contribution in [2.45, 2.75) is 73.8 Å². The molecule has 0 aliphatic heterocycles. The largest absolute Gasteiger partial charge is 0.309 e. The molecule has 1 saturated carbocycles. The zero-order valence-corrected chi connectivity index (χ0v) is 19.9. The minimum Gasteiger partial charge on any atom is -0.309 e. The Morgan fingerprint density at radius 3 is 1.96 bits per heavy atom. The van der Waals surface area contributed by atoms with Gasteiger partial charge in [-0.1, -0.05) is 48.5 Å². The molecule has 2 unspecified atom stereocenters. The van der Waals surface area contributed by atoms with E-state index >= 15 is 0 Å². The lowest BCUT2D eigenvalue weighted by atomic mass is 9.65. The van der Waals surface area contributed by atoms with Crippen molar-refractivity contribution in [1.29, 1.82) is 0 Å². The summed E-state index contributed by atoms with van der Waals surface area (Å²) in [4.78, 5) is 4.58. The second-order valence-electron chi connectivity index (χ2n) is 7.48. The van der Waals surface area contributed by atoms with Gasteiger partial charge in [0.25, 0.3) is 0 Å². The van der Waals surface area contributed by atoms with Crippen molar-refractivity contribution >= 4 is 28.6 Å². The van der Waals surface area contributed by atoms with Gasteiger partial charge in [0.05, 0.1) is 11.2 Å². The molecule has 0 spiro atoms. The summed E-state index contributed by atoms with van der Waals surface area (Å²) in [6, 6.07) is 2.15. The smallest absolute Gasteiger partial charge is 0.0637 e. The SMILES string of the molecule is CC.CC(C)(C)C.CNC1(c2ncc(Br)cc2C)CCC1C.CS. The lowest BCUT2D eigenvalue weighted by Gasteiger charge is -2.48. The van der Waals surface area contributed by atoms with Gasteiger partial charge in [-0.25, -0.2) is 0 Å². The predicted octanol–water partition coefficient (Wildman–Crippen LogP) is 6.62. The number of hydrogen-bond donors (Lipinski definition) is 2. The summed E-state index contributed by atoms with van der Waals surface area (Å²) < 4.78 is 1.06. The van der Waals surface area contributed by atoms with Gasteiger partial charge in [0.2, 0.25) is 0 Å². The summed E-state index contributed by atoms with van der Waals surface area (Å²) >= 11 is 6.98. The number of aryl methyl sites for hydroxylation is 1. The number of hydrogen-bond acceptors (Lipinski definition) is 3. The van der Waals surface area contributed by atoms with E-state index in [1.165, 1.54) is 24.1 Å². The Labute approximate surface area is 165 Å². The summed E-state index contributed by atoms with van der Waals surface area (Å²) in [6.07, 6.45) is 6.07. The van der Waals surface area contributed by atoms with E-state index in [0.717, 1.165) is 4.47 Å².